The van der Waals surface area contributed by atoms with Crippen LogP contribution in [0, 0.1) is 11.7 Å². The summed E-state index contributed by atoms with van der Waals surface area (Å²) in [6.07, 6.45) is 1.60. The highest BCUT2D eigenvalue weighted by atomic mass is 19.1. The van der Waals surface area contributed by atoms with Crippen LogP contribution in [0.5, 0.6) is 0 Å². The van der Waals surface area contributed by atoms with Crippen molar-refractivity contribution in [3.63, 3.8) is 0 Å². The number of halogens is 1. The number of piperidine rings is 1. The van der Waals surface area contributed by atoms with E-state index in [9.17, 15) is 14.3 Å². The van der Waals surface area contributed by atoms with Crippen molar-refractivity contribution in [3.05, 3.63) is 29.8 Å². The Bertz CT molecular complexity index is 698. The lowest BCUT2D eigenvalue weighted by atomic mass is 9.98. The zero-order chi connectivity index (χ0) is 15.7. The molecular formula is C16H20FN3O2. The van der Waals surface area contributed by atoms with Crippen LogP contribution in [-0.2, 0) is 17.9 Å². The Balaban J connectivity index is 1.87. The second-order valence-electron chi connectivity index (χ2n) is 5.79. The van der Waals surface area contributed by atoms with Gasteiger partial charge in [-0.05, 0) is 38.4 Å². The van der Waals surface area contributed by atoms with Crippen LogP contribution in [-0.4, -0.2) is 38.6 Å². The lowest BCUT2D eigenvalue weighted by molar-refractivity contribution is -0.143. The minimum Gasteiger partial charge on any atom is -0.481 e. The van der Waals surface area contributed by atoms with Crippen LogP contribution in [0.2, 0.25) is 0 Å². The summed E-state index contributed by atoms with van der Waals surface area (Å²) in [4.78, 5) is 17.7. The number of carboxylic acids is 1. The van der Waals surface area contributed by atoms with E-state index in [1.54, 1.807) is 6.07 Å². The molecule has 1 aliphatic heterocycles. The number of rotatable bonds is 4. The molecular weight excluding hydrogens is 285 g/mol. The molecule has 118 valence electrons. The maximum Gasteiger partial charge on any atom is 0.307 e. The average molecular weight is 305 g/mol. The highest BCUT2D eigenvalue weighted by Gasteiger charge is 2.26. The number of carboxylic acid groups (broad SMARTS) is 1. The molecule has 1 aliphatic rings. The van der Waals surface area contributed by atoms with Gasteiger partial charge in [-0.15, -0.1) is 0 Å². The number of aryl methyl sites for hydroxylation is 1. The third-order valence-corrected chi connectivity index (χ3v) is 4.34. The maximum absolute atomic E-state index is 13.9. The van der Waals surface area contributed by atoms with Gasteiger partial charge in [-0.1, -0.05) is 6.07 Å². The molecule has 2 heterocycles. The third-order valence-electron chi connectivity index (χ3n) is 4.34. The first kappa shape index (κ1) is 15.0. The van der Waals surface area contributed by atoms with E-state index < -0.39 is 5.97 Å². The number of hydrogen-bond donors (Lipinski definition) is 1. The molecule has 1 saturated heterocycles. The van der Waals surface area contributed by atoms with E-state index in [2.05, 4.69) is 9.88 Å². The minimum absolute atomic E-state index is 0.312. The molecule has 1 N–H and O–H groups in total. The number of para-hydroxylation sites is 1. The van der Waals surface area contributed by atoms with Crippen molar-refractivity contribution in [2.75, 3.05) is 13.1 Å². The van der Waals surface area contributed by atoms with E-state index in [1.165, 1.54) is 6.07 Å². The summed E-state index contributed by atoms with van der Waals surface area (Å²) in [5.41, 5.74) is 1.19. The fraction of sp³-hybridized carbons (Fsp3) is 0.500. The number of hydrogen-bond acceptors (Lipinski definition) is 3. The number of fused-ring (bicyclic) bond motifs is 1. The Hall–Kier alpha value is -1.95. The van der Waals surface area contributed by atoms with Gasteiger partial charge in [0.1, 0.15) is 11.3 Å². The van der Waals surface area contributed by atoms with Gasteiger partial charge in [0.2, 0.25) is 0 Å². The van der Waals surface area contributed by atoms with E-state index in [-0.39, 0.29) is 11.7 Å². The van der Waals surface area contributed by atoms with E-state index in [0.717, 1.165) is 30.7 Å². The minimum atomic E-state index is -0.736. The van der Waals surface area contributed by atoms with Crippen molar-refractivity contribution in [1.82, 2.24) is 14.5 Å². The monoisotopic (exact) mass is 305 g/mol. The molecule has 0 bridgehead atoms. The van der Waals surface area contributed by atoms with Crippen molar-refractivity contribution in [1.29, 1.82) is 0 Å². The van der Waals surface area contributed by atoms with Crippen LogP contribution >= 0.6 is 0 Å². The SMILES string of the molecule is CCn1c(CN2CCCC(C(=O)O)C2)nc2c(F)cccc21. The standard InChI is InChI=1S/C16H20FN3O2/c1-2-20-13-7-3-6-12(17)15(13)18-14(20)10-19-8-4-5-11(9-19)16(21)22/h3,6-7,11H,2,4-5,8-10H2,1H3,(H,21,22). The summed E-state index contributed by atoms with van der Waals surface area (Å²) in [6.45, 7) is 4.67. The topological polar surface area (TPSA) is 58.4 Å². The van der Waals surface area contributed by atoms with E-state index in [4.69, 9.17) is 0 Å². The van der Waals surface area contributed by atoms with Crippen molar-refractivity contribution in [3.8, 4) is 0 Å². The molecule has 0 spiro atoms. The fourth-order valence-electron chi connectivity index (χ4n) is 3.24. The van der Waals surface area contributed by atoms with Crippen LogP contribution in [0.25, 0.3) is 11.0 Å². The zero-order valence-electron chi connectivity index (χ0n) is 12.6. The van der Waals surface area contributed by atoms with Crippen molar-refractivity contribution in [2.45, 2.75) is 32.9 Å². The maximum atomic E-state index is 13.9. The van der Waals surface area contributed by atoms with Crippen molar-refractivity contribution < 1.29 is 14.3 Å². The average Bonchev–Trinajstić information content (AvgIpc) is 2.86. The first-order valence-electron chi connectivity index (χ1n) is 7.69. The Labute approximate surface area is 128 Å². The first-order valence-corrected chi connectivity index (χ1v) is 7.69. The molecule has 6 heteroatoms. The van der Waals surface area contributed by atoms with Crippen LogP contribution in [0.15, 0.2) is 18.2 Å². The number of imidazole rings is 1. The summed E-state index contributed by atoms with van der Waals surface area (Å²) in [5.74, 6) is -0.564. The van der Waals surface area contributed by atoms with Gasteiger partial charge in [0.25, 0.3) is 0 Å². The van der Waals surface area contributed by atoms with Gasteiger partial charge in [0, 0.05) is 13.1 Å². The van der Waals surface area contributed by atoms with Gasteiger partial charge in [-0.25, -0.2) is 9.37 Å². The number of carbonyl (C=O) groups is 1. The van der Waals surface area contributed by atoms with Crippen molar-refractivity contribution >= 4 is 17.0 Å². The first-order chi connectivity index (χ1) is 10.6. The summed E-state index contributed by atoms with van der Waals surface area (Å²) in [5, 5.41) is 9.18. The molecule has 1 unspecified atom stereocenters. The summed E-state index contributed by atoms with van der Waals surface area (Å²) in [6, 6.07) is 4.98. The molecule has 0 amide bonds. The van der Waals surface area contributed by atoms with Gasteiger partial charge in [-0.2, -0.15) is 0 Å². The van der Waals surface area contributed by atoms with Gasteiger partial charge >= 0.3 is 5.97 Å². The molecule has 1 atom stereocenters. The normalized spacial score (nSPS) is 19.6. The van der Waals surface area contributed by atoms with E-state index >= 15 is 0 Å². The molecule has 1 aromatic carbocycles. The molecule has 5 nitrogen and oxygen atoms in total. The highest BCUT2D eigenvalue weighted by Crippen LogP contribution is 2.23. The van der Waals surface area contributed by atoms with E-state index in [1.807, 2.05) is 17.6 Å². The lowest BCUT2D eigenvalue weighted by Gasteiger charge is -2.30. The predicted molar refractivity (Wildman–Crippen MR) is 81.0 cm³/mol. The molecule has 1 aromatic heterocycles. The smallest absolute Gasteiger partial charge is 0.307 e. The van der Waals surface area contributed by atoms with Gasteiger partial charge < -0.3 is 9.67 Å². The van der Waals surface area contributed by atoms with E-state index in [0.29, 0.717) is 25.2 Å². The number of benzene rings is 1. The Kier molecular flexibility index (Phi) is 4.11. The number of aliphatic carboxylic acids is 1. The molecule has 22 heavy (non-hydrogen) atoms. The van der Waals surface area contributed by atoms with Crippen LogP contribution < -0.4 is 0 Å². The molecule has 1 fully saturated rings. The quantitative estimate of drug-likeness (QED) is 0.943. The highest BCUT2D eigenvalue weighted by molar-refractivity contribution is 5.76. The third kappa shape index (κ3) is 2.70. The van der Waals surface area contributed by atoms with Gasteiger partial charge in [0.15, 0.2) is 5.82 Å². The summed E-state index contributed by atoms with van der Waals surface area (Å²) < 4.78 is 15.9. The van der Waals surface area contributed by atoms with Gasteiger partial charge in [0.05, 0.1) is 18.0 Å². The predicted octanol–water partition coefficient (Wildman–Crippen LogP) is 2.49. The second-order valence-corrected chi connectivity index (χ2v) is 5.79. The van der Waals surface area contributed by atoms with Crippen LogP contribution in [0.3, 0.4) is 0 Å². The molecule has 2 aromatic rings. The lowest BCUT2D eigenvalue weighted by Crippen LogP contribution is -2.38. The Morgan fingerprint density at radius 3 is 3.05 bits per heavy atom. The molecule has 0 aliphatic carbocycles. The Morgan fingerprint density at radius 1 is 1.50 bits per heavy atom. The van der Waals surface area contributed by atoms with Crippen LogP contribution in [0.1, 0.15) is 25.6 Å². The molecule has 0 saturated carbocycles. The largest absolute Gasteiger partial charge is 0.481 e. The number of likely N-dealkylation sites (tertiary alicyclic amines) is 1. The zero-order valence-corrected chi connectivity index (χ0v) is 12.6. The fourth-order valence-corrected chi connectivity index (χ4v) is 3.24. The molecule has 0 radical (unpaired) electrons. The second kappa shape index (κ2) is 6.04. The number of aromatic nitrogens is 2. The van der Waals surface area contributed by atoms with Crippen molar-refractivity contribution in [2.24, 2.45) is 5.92 Å². The number of nitrogens with zero attached hydrogens (tertiary/aromatic N) is 3. The van der Waals surface area contributed by atoms with Gasteiger partial charge in [-0.3, -0.25) is 9.69 Å². The Morgan fingerprint density at radius 2 is 2.32 bits per heavy atom. The van der Waals surface area contributed by atoms with Crippen LogP contribution in [0.4, 0.5) is 4.39 Å². The molecule has 3 rings (SSSR count). The summed E-state index contributed by atoms with van der Waals surface area (Å²) >= 11 is 0. The summed E-state index contributed by atoms with van der Waals surface area (Å²) in [7, 11) is 0.